The van der Waals surface area contributed by atoms with E-state index in [4.69, 9.17) is 0 Å². The van der Waals surface area contributed by atoms with Gasteiger partial charge in [-0.25, -0.2) is 9.07 Å². The standard InChI is InChI=1S/C28H26FN5O2/c1-19-2-4-20(5-3-19)26-25(18-34(32-26)24-8-6-22(29)7-9-24)27(35)31-23-12-16-33(17-13-23)28(36)21-10-14-30-15-11-21/h2-11,14-15,18,23H,12-13,16-17H2,1H3,(H,31,35). The summed E-state index contributed by atoms with van der Waals surface area (Å²) in [5.74, 6) is -0.585. The van der Waals surface area contributed by atoms with E-state index in [0.717, 1.165) is 11.1 Å². The molecule has 2 amide bonds. The molecule has 1 N–H and O–H groups in total. The third kappa shape index (κ3) is 5.02. The van der Waals surface area contributed by atoms with Crippen molar-refractivity contribution >= 4 is 11.8 Å². The first-order valence-electron chi connectivity index (χ1n) is 11.9. The SMILES string of the molecule is Cc1ccc(-c2nn(-c3ccc(F)cc3)cc2C(=O)NC2CCN(C(=O)c3ccncc3)CC2)cc1. The number of piperidine rings is 1. The second kappa shape index (κ2) is 10.1. The van der Waals surface area contributed by atoms with E-state index in [0.29, 0.717) is 48.4 Å². The molecule has 1 fully saturated rings. The fourth-order valence-electron chi connectivity index (χ4n) is 4.36. The van der Waals surface area contributed by atoms with Crippen LogP contribution in [-0.4, -0.2) is 50.6 Å². The molecule has 36 heavy (non-hydrogen) atoms. The van der Waals surface area contributed by atoms with E-state index < -0.39 is 0 Å². The molecule has 2 aromatic heterocycles. The number of carbonyl (C=O) groups is 2. The van der Waals surface area contributed by atoms with Gasteiger partial charge in [-0.2, -0.15) is 5.10 Å². The number of halogens is 1. The predicted molar refractivity (Wildman–Crippen MR) is 134 cm³/mol. The Hall–Kier alpha value is -4.33. The number of nitrogens with zero attached hydrogens (tertiary/aromatic N) is 4. The van der Waals surface area contributed by atoms with Crippen molar-refractivity contribution in [3.05, 3.63) is 102 Å². The van der Waals surface area contributed by atoms with Gasteiger partial charge in [-0.1, -0.05) is 29.8 Å². The van der Waals surface area contributed by atoms with Crippen molar-refractivity contribution in [3.8, 4) is 16.9 Å². The van der Waals surface area contributed by atoms with Crippen LogP contribution < -0.4 is 5.32 Å². The largest absolute Gasteiger partial charge is 0.349 e. The van der Waals surface area contributed by atoms with Crippen LogP contribution in [0.4, 0.5) is 4.39 Å². The zero-order chi connectivity index (χ0) is 25.1. The smallest absolute Gasteiger partial charge is 0.255 e. The Balaban J connectivity index is 1.33. The van der Waals surface area contributed by atoms with Crippen LogP contribution in [0.15, 0.2) is 79.3 Å². The highest BCUT2D eigenvalue weighted by Gasteiger charge is 2.26. The van der Waals surface area contributed by atoms with Gasteiger partial charge in [0.05, 0.1) is 11.3 Å². The second-order valence-electron chi connectivity index (χ2n) is 8.95. The Kier molecular flexibility index (Phi) is 6.58. The van der Waals surface area contributed by atoms with Gasteiger partial charge in [-0.15, -0.1) is 0 Å². The zero-order valence-corrected chi connectivity index (χ0v) is 19.9. The number of benzene rings is 2. The summed E-state index contributed by atoms with van der Waals surface area (Å²) in [5, 5.41) is 7.80. The van der Waals surface area contributed by atoms with E-state index in [9.17, 15) is 14.0 Å². The van der Waals surface area contributed by atoms with Gasteiger partial charge in [0.1, 0.15) is 11.5 Å². The van der Waals surface area contributed by atoms with Crippen LogP contribution in [0.25, 0.3) is 16.9 Å². The highest BCUT2D eigenvalue weighted by molar-refractivity contribution is 6.00. The quantitative estimate of drug-likeness (QED) is 0.456. The van der Waals surface area contributed by atoms with Crippen LogP contribution in [-0.2, 0) is 0 Å². The molecular formula is C28H26FN5O2. The number of rotatable bonds is 5. The summed E-state index contributed by atoms with van der Waals surface area (Å²) in [4.78, 5) is 31.9. The lowest BCUT2D eigenvalue weighted by Gasteiger charge is -2.32. The van der Waals surface area contributed by atoms with Gasteiger partial charge in [0.25, 0.3) is 11.8 Å². The Morgan fingerprint density at radius 3 is 2.28 bits per heavy atom. The summed E-state index contributed by atoms with van der Waals surface area (Å²) in [6.07, 6.45) is 6.22. The van der Waals surface area contributed by atoms with Crippen molar-refractivity contribution in [2.24, 2.45) is 0 Å². The molecular weight excluding hydrogens is 457 g/mol. The average molecular weight is 484 g/mol. The van der Waals surface area contributed by atoms with Crippen LogP contribution in [0, 0.1) is 12.7 Å². The monoisotopic (exact) mass is 483 g/mol. The first-order chi connectivity index (χ1) is 17.5. The molecule has 0 bridgehead atoms. The van der Waals surface area contributed by atoms with Crippen LogP contribution in [0.5, 0.6) is 0 Å². The van der Waals surface area contributed by atoms with Crippen molar-refractivity contribution < 1.29 is 14.0 Å². The van der Waals surface area contributed by atoms with Gasteiger partial charge in [-0.05, 0) is 56.2 Å². The van der Waals surface area contributed by atoms with E-state index in [2.05, 4.69) is 15.4 Å². The van der Waals surface area contributed by atoms with Crippen LogP contribution in [0.2, 0.25) is 0 Å². The fourth-order valence-corrected chi connectivity index (χ4v) is 4.36. The van der Waals surface area contributed by atoms with Crippen LogP contribution in [0.1, 0.15) is 39.1 Å². The first-order valence-corrected chi connectivity index (χ1v) is 11.9. The molecule has 3 heterocycles. The average Bonchev–Trinajstić information content (AvgIpc) is 3.36. The molecule has 0 spiro atoms. The summed E-state index contributed by atoms with van der Waals surface area (Å²) < 4.78 is 15.0. The lowest BCUT2D eigenvalue weighted by Crippen LogP contribution is -2.46. The fraction of sp³-hybridized carbons (Fsp3) is 0.214. The number of hydrogen-bond acceptors (Lipinski definition) is 4. The van der Waals surface area contributed by atoms with Crippen molar-refractivity contribution in [3.63, 3.8) is 0 Å². The van der Waals surface area contributed by atoms with E-state index in [1.165, 1.54) is 12.1 Å². The summed E-state index contributed by atoms with van der Waals surface area (Å²) in [6.45, 7) is 3.12. The number of amides is 2. The number of aryl methyl sites for hydroxylation is 1. The van der Waals surface area contributed by atoms with E-state index >= 15 is 0 Å². The van der Waals surface area contributed by atoms with Crippen molar-refractivity contribution in [1.29, 1.82) is 0 Å². The number of likely N-dealkylation sites (tertiary alicyclic amines) is 1. The van der Waals surface area contributed by atoms with Crippen molar-refractivity contribution in [2.45, 2.75) is 25.8 Å². The maximum atomic E-state index is 13.4. The third-order valence-electron chi connectivity index (χ3n) is 6.42. The van der Waals surface area contributed by atoms with E-state index in [1.54, 1.807) is 47.5 Å². The third-order valence-corrected chi connectivity index (χ3v) is 6.42. The molecule has 1 aliphatic heterocycles. The molecule has 182 valence electrons. The van der Waals surface area contributed by atoms with Gasteiger partial charge < -0.3 is 10.2 Å². The minimum atomic E-state index is -0.337. The number of hydrogen-bond donors (Lipinski definition) is 1. The summed E-state index contributed by atoms with van der Waals surface area (Å²) >= 11 is 0. The Labute approximate surface area is 208 Å². The summed E-state index contributed by atoms with van der Waals surface area (Å²) in [6, 6.07) is 17.2. The van der Waals surface area contributed by atoms with E-state index in [-0.39, 0.29) is 23.7 Å². The molecule has 0 saturated carbocycles. The number of pyridine rings is 1. The van der Waals surface area contributed by atoms with Crippen LogP contribution >= 0.6 is 0 Å². The Morgan fingerprint density at radius 2 is 1.61 bits per heavy atom. The van der Waals surface area contributed by atoms with Gasteiger partial charge >= 0.3 is 0 Å². The highest BCUT2D eigenvalue weighted by Crippen LogP contribution is 2.25. The minimum Gasteiger partial charge on any atom is -0.349 e. The molecule has 4 aromatic rings. The molecule has 1 aliphatic rings. The first kappa shape index (κ1) is 23.4. The summed E-state index contributed by atoms with van der Waals surface area (Å²) in [5.41, 5.74) is 4.20. The Morgan fingerprint density at radius 1 is 0.944 bits per heavy atom. The maximum absolute atomic E-state index is 13.4. The minimum absolute atomic E-state index is 0.0237. The lowest BCUT2D eigenvalue weighted by atomic mass is 10.0. The molecule has 0 unspecified atom stereocenters. The molecule has 7 nitrogen and oxygen atoms in total. The molecule has 2 aromatic carbocycles. The number of nitrogens with one attached hydrogen (secondary N) is 1. The number of carbonyl (C=O) groups excluding carboxylic acids is 2. The summed E-state index contributed by atoms with van der Waals surface area (Å²) in [7, 11) is 0. The second-order valence-corrected chi connectivity index (χ2v) is 8.95. The molecule has 0 atom stereocenters. The van der Waals surface area contributed by atoms with Gasteiger partial charge in [0.2, 0.25) is 0 Å². The van der Waals surface area contributed by atoms with Gasteiger partial charge in [-0.3, -0.25) is 14.6 Å². The van der Waals surface area contributed by atoms with Gasteiger partial charge in [0.15, 0.2) is 0 Å². The zero-order valence-electron chi connectivity index (χ0n) is 19.9. The maximum Gasteiger partial charge on any atom is 0.255 e. The predicted octanol–water partition coefficient (Wildman–Crippen LogP) is 4.42. The lowest BCUT2D eigenvalue weighted by molar-refractivity contribution is 0.0698. The highest BCUT2D eigenvalue weighted by atomic mass is 19.1. The molecule has 8 heteroatoms. The molecule has 0 aliphatic carbocycles. The number of aromatic nitrogens is 3. The molecule has 0 radical (unpaired) electrons. The normalized spacial score (nSPS) is 14.0. The van der Waals surface area contributed by atoms with Crippen molar-refractivity contribution in [2.75, 3.05) is 13.1 Å². The molecule has 5 rings (SSSR count). The van der Waals surface area contributed by atoms with Crippen LogP contribution in [0.3, 0.4) is 0 Å². The van der Waals surface area contributed by atoms with Gasteiger partial charge in [0, 0.05) is 48.8 Å². The van der Waals surface area contributed by atoms with Crippen molar-refractivity contribution in [1.82, 2.24) is 25.0 Å². The Bertz CT molecular complexity index is 1360. The molecule has 1 saturated heterocycles. The van der Waals surface area contributed by atoms with E-state index in [1.807, 2.05) is 36.1 Å². The topological polar surface area (TPSA) is 80.1 Å².